The van der Waals surface area contributed by atoms with E-state index in [1.807, 2.05) is 24.4 Å². The zero-order valence-electron chi connectivity index (χ0n) is 14.7. The second kappa shape index (κ2) is 8.41. The van der Waals surface area contributed by atoms with Crippen LogP contribution in [-0.2, 0) is 9.53 Å². The van der Waals surface area contributed by atoms with Gasteiger partial charge in [-0.3, -0.25) is 4.79 Å². The smallest absolute Gasteiger partial charge is 0.350 e. The Morgan fingerprint density at radius 2 is 2.00 bits per heavy atom. The number of amides is 1. The molecule has 2 heterocycles. The molecule has 0 saturated heterocycles. The first-order valence-electron chi connectivity index (χ1n) is 8.17. The number of ether oxygens (including phenoxy) is 1. The van der Waals surface area contributed by atoms with Crippen LogP contribution in [0.3, 0.4) is 0 Å². The zero-order valence-corrected chi connectivity index (χ0v) is 16.3. The van der Waals surface area contributed by atoms with E-state index in [-0.39, 0.29) is 24.4 Å². The molecule has 5 nitrogen and oxygen atoms in total. The van der Waals surface area contributed by atoms with Crippen LogP contribution in [0.4, 0.5) is 4.39 Å². The van der Waals surface area contributed by atoms with Gasteiger partial charge in [0.25, 0.3) is 5.91 Å². The molecule has 1 N–H and O–H groups in total. The van der Waals surface area contributed by atoms with Crippen molar-refractivity contribution in [1.29, 1.82) is 0 Å². The minimum atomic E-state index is -0.600. The van der Waals surface area contributed by atoms with Gasteiger partial charge in [-0.25, -0.2) is 14.2 Å². The molecule has 8 heteroatoms. The highest BCUT2D eigenvalue weighted by Crippen LogP contribution is 2.28. The molecule has 0 unspecified atom stereocenters. The number of thiazole rings is 1. The van der Waals surface area contributed by atoms with Crippen LogP contribution < -0.4 is 5.32 Å². The lowest BCUT2D eigenvalue weighted by Crippen LogP contribution is -2.30. The van der Waals surface area contributed by atoms with Crippen LogP contribution >= 0.6 is 22.7 Å². The molecule has 1 aromatic carbocycles. The second-order valence-electron chi connectivity index (χ2n) is 5.82. The number of hydrogen-bond acceptors (Lipinski definition) is 6. The summed E-state index contributed by atoms with van der Waals surface area (Å²) in [5.41, 5.74) is 1.22. The molecule has 0 spiro atoms. The maximum absolute atomic E-state index is 13.0. The molecule has 140 valence electrons. The second-order valence-corrected chi connectivity index (χ2v) is 7.80. The Labute approximate surface area is 163 Å². The van der Waals surface area contributed by atoms with Crippen LogP contribution in [0.2, 0.25) is 0 Å². The fraction of sp³-hybridized carbons (Fsp3) is 0.211. The number of nitrogens with zero attached hydrogens (tertiary/aromatic N) is 1. The van der Waals surface area contributed by atoms with Crippen molar-refractivity contribution in [3.63, 3.8) is 0 Å². The van der Waals surface area contributed by atoms with Gasteiger partial charge in [0.2, 0.25) is 0 Å². The van der Waals surface area contributed by atoms with Crippen LogP contribution in [0.15, 0.2) is 41.8 Å². The average molecular weight is 404 g/mol. The normalized spacial score (nSPS) is 11.8. The molecule has 27 heavy (non-hydrogen) atoms. The summed E-state index contributed by atoms with van der Waals surface area (Å²) in [7, 11) is 0. The topological polar surface area (TPSA) is 68.3 Å². The Kier molecular flexibility index (Phi) is 5.98. The molecule has 0 saturated carbocycles. The van der Waals surface area contributed by atoms with Gasteiger partial charge in [-0.15, -0.1) is 22.7 Å². The number of carbonyl (C=O) groups is 2. The molecular weight excluding hydrogens is 387 g/mol. The molecule has 3 aromatic rings. The summed E-state index contributed by atoms with van der Waals surface area (Å²) in [6, 6.07) is 9.57. The van der Waals surface area contributed by atoms with Crippen LogP contribution in [0.1, 0.15) is 33.2 Å². The van der Waals surface area contributed by atoms with Crippen molar-refractivity contribution >= 4 is 34.6 Å². The number of nitrogens with one attached hydrogen (secondary N) is 1. The van der Waals surface area contributed by atoms with E-state index < -0.39 is 5.97 Å². The van der Waals surface area contributed by atoms with Crippen molar-refractivity contribution in [2.45, 2.75) is 19.9 Å². The zero-order chi connectivity index (χ0) is 19.4. The predicted molar refractivity (Wildman–Crippen MR) is 103 cm³/mol. The third-order valence-corrected chi connectivity index (χ3v) is 6.00. The SMILES string of the molecule is Cc1nc(-c2ccc(F)cc2)sc1C(=O)OCC(=O)N[C@H](C)c1cccs1. The van der Waals surface area contributed by atoms with Crippen molar-refractivity contribution in [3.05, 3.63) is 63.0 Å². The molecule has 0 radical (unpaired) electrons. The lowest BCUT2D eigenvalue weighted by molar-refractivity contribution is -0.124. The van der Waals surface area contributed by atoms with Gasteiger partial charge in [0.15, 0.2) is 6.61 Å². The third kappa shape index (κ3) is 4.78. The predicted octanol–water partition coefficient (Wildman–Crippen LogP) is 4.35. The van der Waals surface area contributed by atoms with Gasteiger partial charge < -0.3 is 10.1 Å². The Balaban J connectivity index is 1.59. The van der Waals surface area contributed by atoms with Gasteiger partial charge in [0.05, 0.1) is 11.7 Å². The van der Waals surface area contributed by atoms with Crippen LogP contribution in [0, 0.1) is 12.7 Å². The molecule has 3 rings (SSSR count). The van der Waals surface area contributed by atoms with Gasteiger partial charge in [0, 0.05) is 10.4 Å². The highest BCUT2D eigenvalue weighted by molar-refractivity contribution is 7.17. The summed E-state index contributed by atoms with van der Waals surface area (Å²) in [6.45, 7) is 3.20. The van der Waals surface area contributed by atoms with Crippen LogP contribution in [0.25, 0.3) is 10.6 Å². The molecule has 0 aliphatic carbocycles. The molecule has 1 atom stereocenters. The standard InChI is InChI=1S/C19H17FN2O3S2/c1-11(15-4-3-9-26-15)21-16(23)10-25-19(24)17-12(2)22-18(27-17)13-5-7-14(20)8-6-13/h3-9,11H,10H2,1-2H3,(H,21,23)/t11-/m1/s1. The molecule has 0 aliphatic rings. The number of benzene rings is 1. The number of aromatic nitrogens is 1. The summed E-state index contributed by atoms with van der Waals surface area (Å²) in [5.74, 6) is -1.31. The van der Waals surface area contributed by atoms with Crippen molar-refractivity contribution in [3.8, 4) is 10.6 Å². The first kappa shape index (κ1) is 19.2. The Bertz CT molecular complexity index is 937. The van der Waals surface area contributed by atoms with E-state index in [9.17, 15) is 14.0 Å². The number of carbonyl (C=O) groups excluding carboxylic acids is 2. The van der Waals surface area contributed by atoms with Gasteiger partial charge in [0.1, 0.15) is 15.7 Å². The number of halogens is 1. The third-order valence-electron chi connectivity index (χ3n) is 3.75. The number of hydrogen-bond donors (Lipinski definition) is 1. The first-order chi connectivity index (χ1) is 12.9. The minimum absolute atomic E-state index is 0.147. The Morgan fingerprint density at radius 3 is 2.67 bits per heavy atom. The van der Waals surface area contributed by atoms with E-state index in [2.05, 4.69) is 10.3 Å². The molecular formula is C19H17FN2O3S2. The average Bonchev–Trinajstić information content (AvgIpc) is 3.30. The lowest BCUT2D eigenvalue weighted by atomic mass is 10.2. The van der Waals surface area contributed by atoms with Crippen LogP contribution in [0.5, 0.6) is 0 Å². The molecule has 0 fully saturated rings. The molecule has 0 aliphatic heterocycles. The summed E-state index contributed by atoms with van der Waals surface area (Å²) >= 11 is 2.70. The summed E-state index contributed by atoms with van der Waals surface area (Å²) in [6.07, 6.45) is 0. The number of thiophene rings is 1. The van der Waals surface area contributed by atoms with Crippen LogP contribution in [-0.4, -0.2) is 23.5 Å². The van der Waals surface area contributed by atoms with E-state index in [1.54, 1.807) is 30.4 Å². The van der Waals surface area contributed by atoms with Gasteiger partial charge in [-0.2, -0.15) is 0 Å². The minimum Gasteiger partial charge on any atom is -0.451 e. The lowest BCUT2D eigenvalue weighted by Gasteiger charge is -2.12. The first-order valence-corrected chi connectivity index (χ1v) is 9.87. The van der Waals surface area contributed by atoms with E-state index in [0.29, 0.717) is 21.1 Å². The monoisotopic (exact) mass is 404 g/mol. The van der Waals surface area contributed by atoms with Crippen molar-refractivity contribution in [2.75, 3.05) is 6.61 Å². The van der Waals surface area contributed by atoms with Crippen molar-refractivity contribution in [1.82, 2.24) is 10.3 Å². The summed E-state index contributed by atoms with van der Waals surface area (Å²) < 4.78 is 18.2. The maximum Gasteiger partial charge on any atom is 0.350 e. The Hall–Kier alpha value is -2.58. The highest BCUT2D eigenvalue weighted by Gasteiger charge is 2.19. The Morgan fingerprint density at radius 1 is 1.26 bits per heavy atom. The van der Waals surface area contributed by atoms with E-state index in [0.717, 1.165) is 16.2 Å². The van der Waals surface area contributed by atoms with Gasteiger partial charge in [-0.05, 0) is 49.6 Å². The maximum atomic E-state index is 13.0. The van der Waals surface area contributed by atoms with E-state index in [1.165, 1.54) is 12.1 Å². The molecule has 2 aromatic heterocycles. The van der Waals surface area contributed by atoms with Gasteiger partial charge in [-0.1, -0.05) is 6.07 Å². The summed E-state index contributed by atoms with van der Waals surface area (Å²) in [4.78, 5) is 30.0. The summed E-state index contributed by atoms with van der Waals surface area (Å²) in [5, 5.41) is 5.31. The fourth-order valence-corrected chi connectivity index (χ4v) is 4.09. The molecule has 0 bridgehead atoms. The number of rotatable bonds is 6. The number of esters is 1. The van der Waals surface area contributed by atoms with E-state index >= 15 is 0 Å². The van der Waals surface area contributed by atoms with Crippen molar-refractivity contribution in [2.24, 2.45) is 0 Å². The largest absolute Gasteiger partial charge is 0.451 e. The quantitative estimate of drug-likeness (QED) is 0.620. The fourth-order valence-electron chi connectivity index (χ4n) is 2.39. The van der Waals surface area contributed by atoms with Gasteiger partial charge >= 0.3 is 5.97 Å². The van der Waals surface area contributed by atoms with Crippen molar-refractivity contribution < 1.29 is 18.7 Å². The number of aryl methyl sites for hydroxylation is 1. The van der Waals surface area contributed by atoms with E-state index in [4.69, 9.17) is 4.74 Å². The highest BCUT2D eigenvalue weighted by atomic mass is 32.1. The molecule has 1 amide bonds.